The number of rotatable bonds is 5. The second-order valence-electron chi connectivity index (χ2n) is 9.68. The molecule has 0 fully saturated rings. The molecule has 1 aromatic heterocycles. The van der Waals surface area contributed by atoms with E-state index in [4.69, 9.17) is 4.74 Å². The Balaban J connectivity index is 1.32. The van der Waals surface area contributed by atoms with Crippen LogP contribution in [0.3, 0.4) is 0 Å². The topological polar surface area (TPSA) is 83.9 Å². The van der Waals surface area contributed by atoms with Crippen molar-refractivity contribution in [1.29, 1.82) is 0 Å². The Morgan fingerprint density at radius 1 is 1.00 bits per heavy atom. The fourth-order valence-corrected chi connectivity index (χ4v) is 5.76. The average Bonchev–Trinajstić information content (AvgIpc) is 3.27. The quantitative estimate of drug-likeness (QED) is 0.414. The summed E-state index contributed by atoms with van der Waals surface area (Å²) >= 11 is 0. The maximum Gasteiger partial charge on any atom is 0.337 e. The van der Waals surface area contributed by atoms with Crippen LogP contribution in [0.2, 0.25) is 0 Å². The van der Waals surface area contributed by atoms with E-state index in [1.807, 2.05) is 54.4 Å². The van der Waals surface area contributed by atoms with Crippen LogP contribution in [0, 0.1) is 0 Å². The van der Waals surface area contributed by atoms with Gasteiger partial charge in [-0.05, 0) is 47.9 Å². The minimum atomic E-state index is -0.396. The molecule has 3 heterocycles. The van der Waals surface area contributed by atoms with Crippen LogP contribution in [0.1, 0.15) is 43.7 Å². The van der Waals surface area contributed by atoms with Crippen LogP contribution in [0.15, 0.2) is 72.8 Å². The van der Waals surface area contributed by atoms with Crippen LogP contribution in [-0.4, -0.2) is 48.0 Å². The molecule has 3 aromatic carbocycles. The molecular formula is C30H28N4O4. The molecule has 2 aliphatic heterocycles. The van der Waals surface area contributed by atoms with Crippen LogP contribution in [0.4, 0.5) is 5.69 Å². The van der Waals surface area contributed by atoms with Gasteiger partial charge in [-0.1, -0.05) is 42.5 Å². The molecule has 8 heteroatoms. The number of aromatic nitrogens is 1. The van der Waals surface area contributed by atoms with E-state index in [1.54, 1.807) is 24.3 Å². The first-order valence-electron chi connectivity index (χ1n) is 12.6. The fraction of sp³-hybridized carbons (Fsp3) is 0.233. The minimum Gasteiger partial charge on any atom is -0.465 e. The zero-order valence-electron chi connectivity index (χ0n) is 21.3. The van der Waals surface area contributed by atoms with Crippen molar-refractivity contribution in [2.75, 3.05) is 25.6 Å². The van der Waals surface area contributed by atoms with Gasteiger partial charge in [0.2, 0.25) is 5.91 Å². The van der Waals surface area contributed by atoms with Crippen molar-refractivity contribution in [2.24, 2.45) is 0 Å². The summed E-state index contributed by atoms with van der Waals surface area (Å²) in [7, 11) is 3.36. The number of anilines is 1. The molecule has 192 valence electrons. The van der Waals surface area contributed by atoms with Gasteiger partial charge in [0.25, 0.3) is 5.91 Å². The summed E-state index contributed by atoms with van der Waals surface area (Å²) in [6.07, 6.45) is 0.433. The van der Waals surface area contributed by atoms with E-state index >= 15 is 0 Å². The highest BCUT2D eigenvalue weighted by Crippen LogP contribution is 2.44. The van der Waals surface area contributed by atoms with Gasteiger partial charge in [0, 0.05) is 31.0 Å². The van der Waals surface area contributed by atoms with Gasteiger partial charge in [-0.3, -0.25) is 9.59 Å². The van der Waals surface area contributed by atoms with Crippen molar-refractivity contribution >= 4 is 34.4 Å². The van der Waals surface area contributed by atoms with Gasteiger partial charge in [0.05, 0.1) is 29.6 Å². The van der Waals surface area contributed by atoms with Gasteiger partial charge in [-0.2, -0.15) is 0 Å². The van der Waals surface area contributed by atoms with Crippen LogP contribution in [0.5, 0.6) is 0 Å². The lowest BCUT2D eigenvalue weighted by atomic mass is 9.96. The molecule has 1 atom stereocenters. The molecule has 0 bridgehead atoms. The molecular weight excluding hydrogens is 480 g/mol. The number of carbonyl (C=O) groups excluding carboxylic acids is 3. The molecule has 2 amide bonds. The second kappa shape index (κ2) is 9.37. The maximum absolute atomic E-state index is 13.5. The van der Waals surface area contributed by atoms with Crippen LogP contribution < -0.4 is 10.2 Å². The standard InChI is InChI=1S/C30H28N4O4/c1-32-24-9-5-4-8-23(24)29(36)33-16-15-22-21-7-3-6-10-25(21)34(27(22)28(32)33)18-26(35)31-17-19-11-13-20(14-12-19)30(37)38-2/h3-14,28H,15-18H2,1-2H3,(H,31,35). The number of nitrogens with one attached hydrogen (secondary N) is 1. The summed E-state index contributed by atoms with van der Waals surface area (Å²) < 4.78 is 6.81. The highest BCUT2D eigenvalue weighted by molar-refractivity contribution is 6.02. The summed E-state index contributed by atoms with van der Waals surface area (Å²) in [6, 6.07) is 22.8. The Morgan fingerprint density at radius 3 is 2.53 bits per heavy atom. The van der Waals surface area contributed by atoms with E-state index in [0.717, 1.165) is 34.3 Å². The van der Waals surface area contributed by atoms with Gasteiger partial charge >= 0.3 is 5.97 Å². The Morgan fingerprint density at radius 2 is 1.74 bits per heavy atom. The molecule has 4 aromatic rings. The predicted molar refractivity (Wildman–Crippen MR) is 144 cm³/mol. The highest BCUT2D eigenvalue weighted by Gasteiger charge is 2.42. The monoisotopic (exact) mass is 508 g/mol. The summed E-state index contributed by atoms with van der Waals surface area (Å²) in [4.78, 5) is 42.5. The molecule has 2 aliphatic rings. The Hall–Kier alpha value is -4.59. The SMILES string of the molecule is COC(=O)c1ccc(CNC(=O)Cn2c3c(c4ccccc42)CCN2C(=O)c4ccccc4N(C)C32)cc1. The molecule has 6 rings (SSSR count). The Bertz CT molecular complexity index is 1570. The van der Waals surface area contributed by atoms with Crippen molar-refractivity contribution in [1.82, 2.24) is 14.8 Å². The van der Waals surface area contributed by atoms with Crippen molar-refractivity contribution in [3.05, 3.63) is 101 Å². The number of carbonyl (C=O) groups is 3. The number of nitrogens with zero attached hydrogens (tertiary/aromatic N) is 3. The molecule has 0 saturated heterocycles. The van der Waals surface area contributed by atoms with Gasteiger partial charge < -0.3 is 24.4 Å². The lowest BCUT2D eigenvalue weighted by molar-refractivity contribution is -0.121. The van der Waals surface area contributed by atoms with Gasteiger partial charge in [-0.15, -0.1) is 0 Å². The number of hydrogen-bond acceptors (Lipinski definition) is 5. The van der Waals surface area contributed by atoms with E-state index in [0.29, 0.717) is 24.2 Å². The molecule has 0 radical (unpaired) electrons. The molecule has 38 heavy (non-hydrogen) atoms. The average molecular weight is 509 g/mol. The zero-order valence-corrected chi connectivity index (χ0v) is 21.3. The van der Waals surface area contributed by atoms with Crippen molar-refractivity contribution in [3.63, 3.8) is 0 Å². The third-order valence-electron chi connectivity index (χ3n) is 7.57. The van der Waals surface area contributed by atoms with Gasteiger partial charge in [0.1, 0.15) is 12.7 Å². The van der Waals surface area contributed by atoms with Crippen LogP contribution in [-0.2, 0) is 29.0 Å². The number of para-hydroxylation sites is 2. The lowest BCUT2D eigenvalue weighted by Crippen LogP contribution is -2.51. The van der Waals surface area contributed by atoms with Crippen LogP contribution in [0.25, 0.3) is 10.9 Å². The summed E-state index contributed by atoms with van der Waals surface area (Å²) in [5, 5.41) is 4.13. The normalized spacial score (nSPS) is 16.1. The number of amides is 2. The van der Waals surface area contributed by atoms with E-state index in [-0.39, 0.29) is 24.5 Å². The summed E-state index contributed by atoms with van der Waals surface area (Å²) in [6.45, 7) is 1.09. The molecule has 0 aliphatic carbocycles. The third-order valence-corrected chi connectivity index (χ3v) is 7.57. The van der Waals surface area contributed by atoms with Gasteiger partial charge in [-0.25, -0.2) is 4.79 Å². The number of esters is 1. The number of methoxy groups -OCH3 is 1. The summed E-state index contributed by atoms with van der Waals surface area (Å²) in [5.74, 6) is -0.508. The number of ether oxygens (including phenoxy) is 1. The van der Waals surface area contributed by atoms with Crippen LogP contribution >= 0.6 is 0 Å². The van der Waals surface area contributed by atoms with Crippen molar-refractivity contribution in [3.8, 4) is 0 Å². The van der Waals surface area contributed by atoms with Crippen molar-refractivity contribution in [2.45, 2.75) is 25.7 Å². The lowest BCUT2D eigenvalue weighted by Gasteiger charge is -2.46. The molecule has 1 unspecified atom stereocenters. The largest absolute Gasteiger partial charge is 0.465 e. The first kappa shape index (κ1) is 23.8. The molecule has 1 N–H and O–H groups in total. The minimum absolute atomic E-state index is 0.0195. The predicted octanol–water partition coefficient (Wildman–Crippen LogP) is 3.89. The molecule has 8 nitrogen and oxygen atoms in total. The van der Waals surface area contributed by atoms with E-state index in [9.17, 15) is 14.4 Å². The zero-order chi connectivity index (χ0) is 26.4. The Labute approximate surface area is 220 Å². The first-order chi connectivity index (χ1) is 18.5. The molecule has 0 saturated carbocycles. The summed E-state index contributed by atoms with van der Waals surface area (Å²) in [5.41, 5.74) is 6.09. The highest BCUT2D eigenvalue weighted by atomic mass is 16.5. The number of hydrogen-bond donors (Lipinski definition) is 1. The maximum atomic E-state index is 13.5. The Kier molecular flexibility index (Phi) is 5.87. The molecule has 0 spiro atoms. The number of benzene rings is 3. The number of fused-ring (bicyclic) bond motifs is 6. The van der Waals surface area contributed by atoms with Crippen molar-refractivity contribution < 1.29 is 19.1 Å². The second-order valence-corrected chi connectivity index (χ2v) is 9.68. The third kappa shape index (κ3) is 3.80. The smallest absolute Gasteiger partial charge is 0.337 e. The van der Waals surface area contributed by atoms with E-state index in [2.05, 4.69) is 20.9 Å². The fourth-order valence-electron chi connectivity index (χ4n) is 5.76. The van der Waals surface area contributed by atoms with E-state index in [1.165, 1.54) is 12.7 Å². The van der Waals surface area contributed by atoms with E-state index < -0.39 is 5.97 Å². The first-order valence-corrected chi connectivity index (χ1v) is 12.6. The van der Waals surface area contributed by atoms with Gasteiger partial charge in [0.15, 0.2) is 0 Å².